The second-order valence-electron chi connectivity index (χ2n) is 5.12. The lowest BCUT2D eigenvalue weighted by Gasteiger charge is -2.07. The average molecular weight is 285 g/mol. The van der Waals surface area contributed by atoms with Gasteiger partial charge in [-0.25, -0.2) is 0 Å². The predicted molar refractivity (Wildman–Crippen MR) is 76.4 cm³/mol. The number of nitrogens with one attached hydrogen (secondary N) is 2. The van der Waals surface area contributed by atoms with Gasteiger partial charge in [0.25, 0.3) is 0 Å². The van der Waals surface area contributed by atoms with Crippen LogP contribution in [0.2, 0.25) is 0 Å². The zero-order valence-electron chi connectivity index (χ0n) is 11.4. The van der Waals surface area contributed by atoms with E-state index < -0.39 is 0 Å². The minimum absolute atomic E-state index is 0.286. The van der Waals surface area contributed by atoms with Crippen LogP contribution in [-0.4, -0.2) is 28.0 Å². The van der Waals surface area contributed by atoms with Gasteiger partial charge in [-0.05, 0) is 30.5 Å². The van der Waals surface area contributed by atoms with Crippen molar-refractivity contribution in [1.82, 2.24) is 15.2 Å². The fourth-order valence-corrected chi connectivity index (χ4v) is 2.12. The van der Waals surface area contributed by atoms with Gasteiger partial charge in [0.15, 0.2) is 17.3 Å². The zero-order chi connectivity index (χ0) is 14.1. The molecule has 0 unspecified atom stereocenters. The molecule has 7 heteroatoms. The first-order valence-electron chi connectivity index (χ1n) is 6.95. The Balaban J connectivity index is 1.41. The summed E-state index contributed by atoms with van der Waals surface area (Å²) in [5.74, 6) is 2.84. The Hall–Kier alpha value is -2.57. The maximum absolute atomic E-state index is 5.36. The summed E-state index contributed by atoms with van der Waals surface area (Å²) in [7, 11) is 0. The van der Waals surface area contributed by atoms with Gasteiger partial charge in [0.05, 0.1) is 6.20 Å². The highest BCUT2D eigenvalue weighted by atomic mass is 16.7. The molecular formula is C14H15N5O2. The number of ether oxygens (including phenoxy) is 2. The second-order valence-corrected chi connectivity index (χ2v) is 5.12. The van der Waals surface area contributed by atoms with Gasteiger partial charge >= 0.3 is 0 Å². The lowest BCUT2D eigenvalue weighted by molar-refractivity contribution is 0.174. The quantitative estimate of drug-likeness (QED) is 0.866. The van der Waals surface area contributed by atoms with Crippen molar-refractivity contribution in [2.24, 2.45) is 0 Å². The molecule has 1 fully saturated rings. The van der Waals surface area contributed by atoms with E-state index in [1.54, 1.807) is 6.20 Å². The summed E-state index contributed by atoms with van der Waals surface area (Å²) in [6, 6.07) is 6.39. The summed E-state index contributed by atoms with van der Waals surface area (Å²) < 4.78 is 10.6. The first-order chi connectivity index (χ1) is 10.4. The van der Waals surface area contributed by atoms with Crippen LogP contribution < -0.4 is 20.1 Å². The molecule has 0 bridgehead atoms. The summed E-state index contributed by atoms with van der Waals surface area (Å²) in [6.07, 6.45) is 4.04. The topological polar surface area (TPSA) is 81.2 Å². The molecule has 108 valence electrons. The van der Waals surface area contributed by atoms with Gasteiger partial charge in [-0.3, -0.25) is 0 Å². The van der Waals surface area contributed by atoms with Crippen molar-refractivity contribution in [1.29, 1.82) is 0 Å². The van der Waals surface area contributed by atoms with Crippen LogP contribution in [0.25, 0.3) is 0 Å². The van der Waals surface area contributed by atoms with Gasteiger partial charge in [0.1, 0.15) is 0 Å². The van der Waals surface area contributed by atoms with Crippen molar-refractivity contribution in [3.63, 3.8) is 0 Å². The van der Waals surface area contributed by atoms with E-state index in [1.165, 1.54) is 12.8 Å². The summed E-state index contributed by atoms with van der Waals surface area (Å²) in [6.45, 7) is 0.888. The molecule has 0 radical (unpaired) electrons. The molecule has 1 aliphatic carbocycles. The second kappa shape index (κ2) is 5.08. The van der Waals surface area contributed by atoms with Gasteiger partial charge in [-0.2, -0.15) is 10.1 Å². The molecule has 2 aliphatic rings. The minimum Gasteiger partial charge on any atom is -0.454 e. The number of hydrogen-bond donors (Lipinski definition) is 2. The van der Waals surface area contributed by atoms with Crippen molar-refractivity contribution in [3.05, 3.63) is 30.0 Å². The number of nitrogens with zero attached hydrogens (tertiary/aromatic N) is 3. The Bertz CT molecular complexity index is 660. The number of benzene rings is 1. The van der Waals surface area contributed by atoms with Crippen LogP contribution in [0.15, 0.2) is 24.4 Å². The third kappa shape index (κ3) is 2.81. The Morgan fingerprint density at radius 3 is 3.00 bits per heavy atom. The van der Waals surface area contributed by atoms with E-state index in [0.717, 1.165) is 22.9 Å². The Morgan fingerprint density at radius 2 is 2.10 bits per heavy atom. The molecule has 1 aromatic heterocycles. The lowest BCUT2D eigenvalue weighted by Crippen LogP contribution is -2.09. The largest absolute Gasteiger partial charge is 0.454 e. The first-order valence-corrected chi connectivity index (χ1v) is 6.95. The van der Waals surface area contributed by atoms with E-state index in [4.69, 9.17) is 9.47 Å². The van der Waals surface area contributed by atoms with Gasteiger partial charge in [-0.1, -0.05) is 6.07 Å². The summed E-state index contributed by atoms with van der Waals surface area (Å²) >= 11 is 0. The molecule has 21 heavy (non-hydrogen) atoms. The Labute approximate surface area is 121 Å². The molecule has 4 rings (SSSR count). The zero-order valence-corrected chi connectivity index (χ0v) is 11.4. The molecule has 2 aromatic rings. The summed E-state index contributed by atoms with van der Waals surface area (Å²) in [5.41, 5.74) is 1.07. The lowest BCUT2D eigenvalue weighted by atomic mass is 10.2. The van der Waals surface area contributed by atoms with E-state index in [9.17, 15) is 0 Å². The van der Waals surface area contributed by atoms with E-state index in [1.807, 2.05) is 18.2 Å². The van der Waals surface area contributed by atoms with Gasteiger partial charge in [0, 0.05) is 12.6 Å². The maximum atomic E-state index is 5.36. The van der Waals surface area contributed by atoms with Crippen LogP contribution in [0.4, 0.5) is 11.8 Å². The van der Waals surface area contributed by atoms with Crippen LogP contribution in [0.5, 0.6) is 11.5 Å². The fourth-order valence-electron chi connectivity index (χ4n) is 2.12. The van der Waals surface area contributed by atoms with Crippen molar-refractivity contribution in [2.45, 2.75) is 25.4 Å². The maximum Gasteiger partial charge on any atom is 0.244 e. The van der Waals surface area contributed by atoms with Gasteiger partial charge in [0.2, 0.25) is 12.7 Å². The van der Waals surface area contributed by atoms with Crippen molar-refractivity contribution < 1.29 is 9.47 Å². The monoisotopic (exact) mass is 285 g/mol. The SMILES string of the molecule is c1cc2c(cc1CNc1nncc(NC3CC3)n1)OCO2. The third-order valence-corrected chi connectivity index (χ3v) is 3.38. The van der Waals surface area contributed by atoms with Gasteiger partial charge in [-0.15, -0.1) is 5.10 Å². The molecule has 0 spiro atoms. The minimum atomic E-state index is 0.286. The normalized spacial score (nSPS) is 15.8. The molecule has 2 N–H and O–H groups in total. The highest BCUT2D eigenvalue weighted by molar-refractivity contribution is 5.45. The predicted octanol–water partition coefficient (Wildman–Crippen LogP) is 1.79. The number of hydrogen-bond acceptors (Lipinski definition) is 7. The highest BCUT2D eigenvalue weighted by Gasteiger charge is 2.21. The van der Waals surface area contributed by atoms with Crippen LogP contribution in [0, 0.1) is 0 Å². The van der Waals surface area contributed by atoms with Crippen LogP contribution in [0.3, 0.4) is 0 Å². The molecule has 1 aliphatic heterocycles. The number of aromatic nitrogens is 3. The standard InChI is InChI=1S/C14H15N5O2/c1-4-11-12(21-8-20-11)5-9(1)6-15-14-18-13(7-16-19-14)17-10-2-3-10/h1,4-5,7,10H,2-3,6,8H2,(H2,15,17,18,19). The Kier molecular flexibility index (Phi) is 2.95. The van der Waals surface area contributed by atoms with Crippen LogP contribution in [0.1, 0.15) is 18.4 Å². The molecule has 0 saturated heterocycles. The molecule has 1 saturated carbocycles. The van der Waals surface area contributed by atoms with E-state index in [2.05, 4.69) is 25.8 Å². The van der Waals surface area contributed by atoms with E-state index in [-0.39, 0.29) is 6.79 Å². The smallest absolute Gasteiger partial charge is 0.244 e. The molecule has 2 heterocycles. The highest BCUT2D eigenvalue weighted by Crippen LogP contribution is 2.32. The average Bonchev–Trinajstić information content (AvgIpc) is 3.19. The fraction of sp³-hybridized carbons (Fsp3) is 0.357. The Morgan fingerprint density at radius 1 is 1.19 bits per heavy atom. The van der Waals surface area contributed by atoms with Crippen LogP contribution >= 0.6 is 0 Å². The molecule has 0 amide bonds. The van der Waals surface area contributed by atoms with E-state index in [0.29, 0.717) is 18.5 Å². The number of rotatable bonds is 5. The molecular weight excluding hydrogens is 270 g/mol. The molecule has 0 atom stereocenters. The van der Waals surface area contributed by atoms with Crippen LogP contribution in [-0.2, 0) is 6.54 Å². The van der Waals surface area contributed by atoms with E-state index >= 15 is 0 Å². The van der Waals surface area contributed by atoms with Crippen molar-refractivity contribution in [3.8, 4) is 11.5 Å². The summed E-state index contributed by atoms with van der Waals surface area (Å²) in [5, 5.41) is 14.4. The number of fused-ring (bicyclic) bond motifs is 1. The van der Waals surface area contributed by atoms with Crippen molar-refractivity contribution >= 4 is 11.8 Å². The first kappa shape index (κ1) is 12.2. The van der Waals surface area contributed by atoms with Crippen molar-refractivity contribution in [2.75, 3.05) is 17.4 Å². The van der Waals surface area contributed by atoms with Gasteiger partial charge < -0.3 is 20.1 Å². The summed E-state index contributed by atoms with van der Waals surface area (Å²) in [4.78, 5) is 4.39. The third-order valence-electron chi connectivity index (χ3n) is 3.38. The molecule has 7 nitrogen and oxygen atoms in total. The molecule has 1 aromatic carbocycles. The number of anilines is 2.